The van der Waals surface area contributed by atoms with Gasteiger partial charge in [-0.1, -0.05) is 42.2 Å². The lowest BCUT2D eigenvalue weighted by atomic mass is 10.2. The Bertz CT molecular complexity index is 500. The van der Waals surface area contributed by atoms with Crippen LogP contribution in [0.4, 0.5) is 0 Å². The maximum absolute atomic E-state index is 4.13. The molecule has 0 saturated heterocycles. The summed E-state index contributed by atoms with van der Waals surface area (Å²) in [5.74, 6) is 7.08. The number of thiophene rings is 1. The average molecular weight is 244 g/mol. The molecule has 1 aromatic heterocycles. The molecular weight excluding hydrogens is 232 g/mol. The Hall–Kier alpha value is -1.17. The van der Waals surface area contributed by atoms with Gasteiger partial charge in [0, 0.05) is 17.1 Å². The first-order valence-electron chi connectivity index (χ1n) is 5.15. The fraction of sp³-hybridized carbons (Fsp3) is 0.143. The zero-order chi connectivity index (χ0) is 11.2. The number of rotatable bonds is 2. The summed E-state index contributed by atoms with van der Waals surface area (Å²) in [5.41, 5.74) is 1.26. The van der Waals surface area contributed by atoms with Crippen LogP contribution in [0, 0.1) is 11.8 Å². The van der Waals surface area contributed by atoms with Crippen LogP contribution in [-0.4, -0.2) is 5.75 Å². The number of hydrogen-bond donors (Lipinski definition) is 1. The van der Waals surface area contributed by atoms with Crippen molar-refractivity contribution in [3.05, 3.63) is 47.3 Å². The molecule has 0 aliphatic carbocycles. The third-order valence-corrected chi connectivity index (χ3v) is 3.39. The van der Waals surface area contributed by atoms with Gasteiger partial charge in [0.25, 0.3) is 0 Å². The molecule has 0 fully saturated rings. The lowest BCUT2D eigenvalue weighted by Gasteiger charge is -1.93. The highest BCUT2D eigenvalue weighted by molar-refractivity contribution is 7.80. The summed E-state index contributed by atoms with van der Waals surface area (Å²) in [6.45, 7) is 0. The van der Waals surface area contributed by atoms with E-state index in [0.29, 0.717) is 0 Å². The Morgan fingerprint density at radius 1 is 1.06 bits per heavy atom. The van der Waals surface area contributed by atoms with Crippen molar-refractivity contribution in [2.75, 3.05) is 5.75 Å². The summed E-state index contributed by atoms with van der Waals surface area (Å²) in [7, 11) is 0. The fourth-order valence-electron chi connectivity index (χ4n) is 1.37. The van der Waals surface area contributed by atoms with E-state index < -0.39 is 0 Å². The third kappa shape index (κ3) is 2.91. The van der Waals surface area contributed by atoms with Gasteiger partial charge in [0.1, 0.15) is 0 Å². The van der Waals surface area contributed by atoms with E-state index in [1.54, 1.807) is 11.3 Å². The Morgan fingerprint density at radius 2 is 1.88 bits per heavy atom. The molecule has 2 heteroatoms. The van der Waals surface area contributed by atoms with E-state index in [0.717, 1.165) is 17.1 Å². The van der Waals surface area contributed by atoms with Gasteiger partial charge in [0.15, 0.2) is 0 Å². The van der Waals surface area contributed by atoms with Crippen LogP contribution in [-0.2, 0) is 0 Å². The van der Waals surface area contributed by atoms with Crippen molar-refractivity contribution >= 4 is 24.0 Å². The van der Waals surface area contributed by atoms with Crippen molar-refractivity contribution < 1.29 is 0 Å². The van der Waals surface area contributed by atoms with Crippen molar-refractivity contribution in [3.63, 3.8) is 0 Å². The van der Waals surface area contributed by atoms with Crippen molar-refractivity contribution in [1.29, 1.82) is 0 Å². The summed E-state index contributed by atoms with van der Waals surface area (Å²) in [5, 5.41) is 0. The Labute approximate surface area is 106 Å². The molecule has 16 heavy (non-hydrogen) atoms. The quantitative estimate of drug-likeness (QED) is 0.597. The molecule has 0 N–H and O–H groups in total. The largest absolute Gasteiger partial charge is 0.178 e. The highest BCUT2D eigenvalue weighted by Crippen LogP contribution is 2.27. The smallest absolute Gasteiger partial charge is 0.0775 e. The average Bonchev–Trinajstić information content (AvgIpc) is 2.79. The highest BCUT2D eigenvalue weighted by Gasteiger charge is 1.99. The first-order valence-corrected chi connectivity index (χ1v) is 6.60. The molecule has 0 aliphatic heterocycles. The van der Waals surface area contributed by atoms with Gasteiger partial charge in [-0.2, -0.15) is 12.6 Å². The van der Waals surface area contributed by atoms with E-state index in [2.05, 4.69) is 60.9 Å². The molecule has 80 valence electrons. The highest BCUT2D eigenvalue weighted by atomic mass is 32.1. The van der Waals surface area contributed by atoms with Crippen LogP contribution in [0.25, 0.3) is 10.4 Å². The van der Waals surface area contributed by atoms with Gasteiger partial charge in [0.05, 0.1) is 4.88 Å². The predicted octanol–water partition coefficient (Wildman–Crippen LogP) is 4.09. The molecule has 0 saturated carbocycles. The van der Waals surface area contributed by atoms with Crippen LogP contribution in [0.1, 0.15) is 11.3 Å². The second-order valence-corrected chi connectivity index (χ2v) is 4.84. The van der Waals surface area contributed by atoms with Crippen molar-refractivity contribution in [2.24, 2.45) is 0 Å². The van der Waals surface area contributed by atoms with Gasteiger partial charge in [-0.05, 0) is 17.7 Å². The molecule has 0 nitrogen and oxygen atoms in total. The summed E-state index contributed by atoms with van der Waals surface area (Å²) >= 11 is 5.87. The molecule has 0 unspecified atom stereocenters. The second-order valence-electron chi connectivity index (χ2n) is 3.31. The maximum atomic E-state index is 4.13. The summed E-state index contributed by atoms with van der Waals surface area (Å²) < 4.78 is 0. The van der Waals surface area contributed by atoms with Gasteiger partial charge >= 0.3 is 0 Å². The molecule has 1 aromatic carbocycles. The maximum Gasteiger partial charge on any atom is 0.0775 e. The van der Waals surface area contributed by atoms with E-state index in [-0.39, 0.29) is 0 Å². The van der Waals surface area contributed by atoms with E-state index in [1.165, 1.54) is 10.4 Å². The number of thiol groups is 1. The molecule has 0 radical (unpaired) electrons. The van der Waals surface area contributed by atoms with Crippen LogP contribution in [0.2, 0.25) is 0 Å². The minimum absolute atomic E-state index is 0.823. The molecule has 1 heterocycles. The topological polar surface area (TPSA) is 0 Å². The molecule has 0 amide bonds. The van der Waals surface area contributed by atoms with Crippen molar-refractivity contribution in [3.8, 4) is 22.3 Å². The minimum Gasteiger partial charge on any atom is -0.178 e. The van der Waals surface area contributed by atoms with Gasteiger partial charge < -0.3 is 0 Å². The van der Waals surface area contributed by atoms with Gasteiger partial charge in [-0.3, -0.25) is 0 Å². The molecule has 0 bridgehead atoms. The van der Waals surface area contributed by atoms with E-state index in [4.69, 9.17) is 0 Å². The van der Waals surface area contributed by atoms with Crippen molar-refractivity contribution in [2.45, 2.75) is 6.42 Å². The molecular formula is C14H12S2. The van der Waals surface area contributed by atoms with E-state index >= 15 is 0 Å². The number of benzene rings is 1. The third-order valence-electron chi connectivity index (χ3n) is 2.11. The second kappa shape index (κ2) is 5.79. The summed E-state index contributed by atoms with van der Waals surface area (Å²) in [4.78, 5) is 2.40. The van der Waals surface area contributed by atoms with Gasteiger partial charge in [0.2, 0.25) is 0 Å². The predicted molar refractivity (Wildman–Crippen MR) is 75.1 cm³/mol. The lowest BCUT2D eigenvalue weighted by molar-refractivity contribution is 1.31. The SMILES string of the molecule is SCCC#Cc1ccc(-c2ccccc2)s1. The first-order chi connectivity index (χ1) is 7.90. The Morgan fingerprint density at radius 3 is 2.62 bits per heavy atom. The zero-order valence-electron chi connectivity index (χ0n) is 8.81. The monoisotopic (exact) mass is 244 g/mol. The molecule has 2 rings (SSSR count). The molecule has 0 spiro atoms. The van der Waals surface area contributed by atoms with Gasteiger partial charge in [-0.25, -0.2) is 0 Å². The summed E-state index contributed by atoms with van der Waals surface area (Å²) in [6.07, 6.45) is 0.849. The zero-order valence-corrected chi connectivity index (χ0v) is 10.5. The summed E-state index contributed by atoms with van der Waals surface area (Å²) in [6, 6.07) is 14.6. The Balaban J connectivity index is 2.18. The molecule has 2 aromatic rings. The molecule has 0 aliphatic rings. The minimum atomic E-state index is 0.823. The first kappa shape index (κ1) is 11.3. The standard InChI is InChI=1S/C14H12S2/c15-11-5-4-8-13-9-10-14(16-13)12-6-2-1-3-7-12/h1-3,6-7,9-10,15H,5,11H2. The normalized spacial score (nSPS) is 9.56. The van der Waals surface area contributed by atoms with Crippen molar-refractivity contribution in [1.82, 2.24) is 0 Å². The van der Waals surface area contributed by atoms with E-state index in [1.807, 2.05) is 6.07 Å². The Kier molecular flexibility index (Phi) is 4.10. The van der Waals surface area contributed by atoms with E-state index in [9.17, 15) is 0 Å². The van der Waals surface area contributed by atoms with Crippen LogP contribution < -0.4 is 0 Å². The molecule has 0 atom stereocenters. The van der Waals surface area contributed by atoms with Crippen LogP contribution in [0.5, 0.6) is 0 Å². The van der Waals surface area contributed by atoms with Crippen LogP contribution >= 0.6 is 24.0 Å². The lowest BCUT2D eigenvalue weighted by Crippen LogP contribution is -1.68. The fourth-order valence-corrected chi connectivity index (χ4v) is 2.37. The number of hydrogen-bond acceptors (Lipinski definition) is 2. The van der Waals surface area contributed by atoms with Crippen LogP contribution in [0.3, 0.4) is 0 Å². The van der Waals surface area contributed by atoms with Gasteiger partial charge in [-0.15, -0.1) is 11.3 Å². The van der Waals surface area contributed by atoms with Crippen LogP contribution in [0.15, 0.2) is 42.5 Å².